The summed E-state index contributed by atoms with van der Waals surface area (Å²) in [5, 5.41) is 13.7. The summed E-state index contributed by atoms with van der Waals surface area (Å²) < 4.78 is 5.50. The predicted octanol–water partition coefficient (Wildman–Crippen LogP) is 2.72. The zero-order valence-electron chi connectivity index (χ0n) is 14.9. The molecule has 3 amide bonds. The molecule has 26 heavy (non-hydrogen) atoms. The molecule has 1 saturated carbocycles. The van der Waals surface area contributed by atoms with Crippen LogP contribution in [0, 0.1) is 5.92 Å². The van der Waals surface area contributed by atoms with Gasteiger partial charge in [0, 0.05) is 5.02 Å². The van der Waals surface area contributed by atoms with Gasteiger partial charge in [0.25, 0.3) is 5.91 Å². The number of aliphatic hydroxyl groups is 1. The second kappa shape index (κ2) is 7.94. The highest BCUT2D eigenvalue weighted by atomic mass is 35.5. The van der Waals surface area contributed by atoms with E-state index >= 15 is 0 Å². The summed E-state index contributed by atoms with van der Waals surface area (Å²) in [7, 11) is 0. The third-order valence-electron chi connectivity index (χ3n) is 5.39. The maximum absolute atomic E-state index is 12.8. The number of hydrogen-bond acceptors (Lipinski definition) is 4. The molecule has 2 fully saturated rings. The van der Waals surface area contributed by atoms with Gasteiger partial charge in [-0.1, -0.05) is 43.5 Å². The van der Waals surface area contributed by atoms with E-state index in [0.717, 1.165) is 29.7 Å². The first-order valence-electron chi connectivity index (χ1n) is 9.07. The standard InChI is InChI=1S/C19H25ClN2O4/c1-13-4-2-3-9-19(13)17(24)22(18(25)21-19)10-16(23)12-26-11-14-5-7-15(20)8-6-14/h5-8,13,16,23H,2-4,9-12H2,1H3,(H,21,25). The minimum atomic E-state index is -0.925. The van der Waals surface area contributed by atoms with Gasteiger partial charge in [-0.3, -0.25) is 9.69 Å². The number of imide groups is 1. The summed E-state index contributed by atoms with van der Waals surface area (Å²) >= 11 is 5.83. The van der Waals surface area contributed by atoms with Crippen molar-refractivity contribution in [1.82, 2.24) is 10.2 Å². The van der Waals surface area contributed by atoms with Crippen LogP contribution in [0.15, 0.2) is 24.3 Å². The number of halogens is 1. The molecular weight excluding hydrogens is 356 g/mol. The number of nitrogens with one attached hydrogen (secondary N) is 1. The van der Waals surface area contributed by atoms with Gasteiger partial charge < -0.3 is 15.2 Å². The van der Waals surface area contributed by atoms with Crippen molar-refractivity contribution < 1.29 is 19.4 Å². The fraction of sp³-hybridized carbons (Fsp3) is 0.579. The lowest BCUT2D eigenvalue weighted by molar-refractivity contribution is -0.135. The van der Waals surface area contributed by atoms with Crippen LogP contribution in [0.4, 0.5) is 4.79 Å². The molecule has 3 atom stereocenters. The number of hydrogen-bond donors (Lipinski definition) is 2. The van der Waals surface area contributed by atoms with Crippen LogP contribution in [0.25, 0.3) is 0 Å². The molecule has 1 aliphatic heterocycles. The minimum Gasteiger partial charge on any atom is -0.389 e. The smallest absolute Gasteiger partial charge is 0.325 e. The largest absolute Gasteiger partial charge is 0.389 e. The Balaban J connectivity index is 1.52. The summed E-state index contributed by atoms with van der Waals surface area (Å²) in [6.07, 6.45) is 2.67. The van der Waals surface area contributed by atoms with Crippen molar-refractivity contribution in [1.29, 1.82) is 0 Å². The number of rotatable bonds is 6. The molecule has 6 nitrogen and oxygen atoms in total. The normalized spacial score (nSPS) is 27.0. The van der Waals surface area contributed by atoms with Gasteiger partial charge in [0.1, 0.15) is 5.54 Å². The van der Waals surface area contributed by atoms with Gasteiger partial charge in [-0.05, 0) is 36.5 Å². The Bertz CT molecular complexity index is 666. The van der Waals surface area contributed by atoms with E-state index < -0.39 is 17.7 Å². The highest BCUT2D eigenvalue weighted by molar-refractivity contribution is 6.30. The van der Waals surface area contributed by atoms with Crippen molar-refractivity contribution in [3.8, 4) is 0 Å². The number of carbonyl (C=O) groups is 2. The number of ether oxygens (including phenoxy) is 1. The highest BCUT2D eigenvalue weighted by Crippen LogP contribution is 2.38. The Hall–Kier alpha value is -1.63. The van der Waals surface area contributed by atoms with E-state index in [-0.39, 0.29) is 25.0 Å². The maximum atomic E-state index is 12.8. The summed E-state index contributed by atoms with van der Waals surface area (Å²) in [6, 6.07) is 6.82. The van der Waals surface area contributed by atoms with E-state index in [1.54, 1.807) is 12.1 Å². The van der Waals surface area contributed by atoms with Crippen LogP contribution in [-0.2, 0) is 16.1 Å². The van der Waals surface area contributed by atoms with Crippen LogP contribution in [0.2, 0.25) is 5.02 Å². The van der Waals surface area contributed by atoms with Gasteiger partial charge in [0.05, 0.1) is 25.9 Å². The van der Waals surface area contributed by atoms with E-state index in [0.29, 0.717) is 18.1 Å². The number of nitrogens with zero attached hydrogens (tertiary/aromatic N) is 1. The lowest BCUT2D eigenvalue weighted by Crippen LogP contribution is -2.54. The van der Waals surface area contributed by atoms with Crippen molar-refractivity contribution in [2.75, 3.05) is 13.2 Å². The lowest BCUT2D eigenvalue weighted by atomic mass is 9.73. The Morgan fingerprint density at radius 1 is 1.35 bits per heavy atom. The highest BCUT2D eigenvalue weighted by Gasteiger charge is 2.54. The van der Waals surface area contributed by atoms with Crippen molar-refractivity contribution >= 4 is 23.5 Å². The Morgan fingerprint density at radius 2 is 2.08 bits per heavy atom. The van der Waals surface area contributed by atoms with Crippen LogP contribution in [0.5, 0.6) is 0 Å². The van der Waals surface area contributed by atoms with Crippen molar-refractivity contribution in [2.45, 2.75) is 50.9 Å². The van der Waals surface area contributed by atoms with E-state index in [9.17, 15) is 14.7 Å². The topological polar surface area (TPSA) is 78.9 Å². The molecule has 7 heteroatoms. The molecule has 0 bridgehead atoms. The quantitative estimate of drug-likeness (QED) is 0.744. The number of amides is 3. The second-order valence-electron chi connectivity index (χ2n) is 7.26. The number of carbonyl (C=O) groups excluding carboxylic acids is 2. The fourth-order valence-electron chi connectivity index (χ4n) is 3.82. The van der Waals surface area contributed by atoms with E-state index in [4.69, 9.17) is 16.3 Å². The molecule has 2 N–H and O–H groups in total. The number of urea groups is 1. The second-order valence-corrected chi connectivity index (χ2v) is 7.70. The molecule has 142 valence electrons. The molecule has 3 rings (SSSR count). The fourth-order valence-corrected chi connectivity index (χ4v) is 3.94. The molecule has 0 aromatic heterocycles. The summed E-state index contributed by atoms with van der Waals surface area (Å²) in [4.78, 5) is 26.3. The monoisotopic (exact) mass is 380 g/mol. The molecule has 1 saturated heterocycles. The molecule has 1 aliphatic carbocycles. The van der Waals surface area contributed by atoms with Crippen molar-refractivity contribution in [3.63, 3.8) is 0 Å². The zero-order chi connectivity index (χ0) is 18.7. The third kappa shape index (κ3) is 3.87. The molecular formula is C19H25ClN2O4. The molecule has 1 spiro atoms. The van der Waals surface area contributed by atoms with Crippen LogP contribution in [0.3, 0.4) is 0 Å². The van der Waals surface area contributed by atoms with Crippen LogP contribution < -0.4 is 5.32 Å². The van der Waals surface area contributed by atoms with E-state index in [1.165, 1.54) is 0 Å². The minimum absolute atomic E-state index is 0.0439. The van der Waals surface area contributed by atoms with Gasteiger partial charge >= 0.3 is 6.03 Å². The third-order valence-corrected chi connectivity index (χ3v) is 5.64. The van der Waals surface area contributed by atoms with Crippen molar-refractivity contribution in [3.05, 3.63) is 34.9 Å². The first kappa shape index (κ1) is 19.1. The Morgan fingerprint density at radius 3 is 2.77 bits per heavy atom. The number of aliphatic hydroxyl groups excluding tert-OH is 1. The number of β-amino-alcohol motifs (C(OH)–C–C–N with tert-alkyl or cyclic N) is 1. The van der Waals surface area contributed by atoms with E-state index in [1.807, 2.05) is 19.1 Å². The number of benzene rings is 1. The molecule has 2 aliphatic rings. The molecule has 1 aromatic carbocycles. The first-order valence-corrected chi connectivity index (χ1v) is 9.44. The average Bonchev–Trinajstić information content (AvgIpc) is 2.84. The zero-order valence-corrected chi connectivity index (χ0v) is 15.7. The lowest BCUT2D eigenvalue weighted by Gasteiger charge is -2.36. The summed E-state index contributed by atoms with van der Waals surface area (Å²) in [6.45, 7) is 2.32. The maximum Gasteiger partial charge on any atom is 0.325 e. The van der Waals surface area contributed by atoms with Crippen molar-refractivity contribution in [2.24, 2.45) is 5.92 Å². The van der Waals surface area contributed by atoms with E-state index in [2.05, 4.69) is 5.32 Å². The average molecular weight is 381 g/mol. The molecule has 1 aromatic rings. The van der Waals surface area contributed by atoms with Crippen LogP contribution >= 0.6 is 11.6 Å². The van der Waals surface area contributed by atoms with Gasteiger partial charge in [0.15, 0.2) is 0 Å². The van der Waals surface area contributed by atoms with Gasteiger partial charge in [0.2, 0.25) is 0 Å². The van der Waals surface area contributed by atoms with Crippen LogP contribution in [-0.4, -0.2) is 46.7 Å². The van der Waals surface area contributed by atoms with Gasteiger partial charge in [-0.15, -0.1) is 0 Å². The Labute approximate surface area is 158 Å². The van der Waals surface area contributed by atoms with Gasteiger partial charge in [-0.2, -0.15) is 0 Å². The SMILES string of the molecule is CC1CCCCC12NC(=O)N(CC(O)COCc1ccc(Cl)cc1)C2=O. The van der Waals surface area contributed by atoms with Gasteiger partial charge in [-0.25, -0.2) is 4.79 Å². The first-order chi connectivity index (χ1) is 12.4. The molecule has 1 heterocycles. The predicted molar refractivity (Wildman–Crippen MR) is 97.7 cm³/mol. The molecule has 0 radical (unpaired) electrons. The summed E-state index contributed by atoms with van der Waals surface area (Å²) in [5.41, 5.74) is 0.144. The Kier molecular flexibility index (Phi) is 5.85. The molecule has 3 unspecified atom stereocenters. The summed E-state index contributed by atoms with van der Waals surface area (Å²) in [5.74, 6) is -0.109. The van der Waals surface area contributed by atoms with Crippen LogP contribution in [0.1, 0.15) is 38.2 Å².